The Morgan fingerprint density at radius 2 is 2.14 bits per heavy atom. The molecule has 1 aliphatic rings. The topological polar surface area (TPSA) is 81.3 Å². The third-order valence-electron chi connectivity index (χ3n) is 3.38. The van der Waals surface area contributed by atoms with Gasteiger partial charge < -0.3 is 15.6 Å². The lowest BCUT2D eigenvalue weighted by molar-refractivity contribution is 0.318. The van der Waals surface area contributed by atoms with E-state index in [-0.39, 0.29) is 5.75 Å². The van der Waals surface area contributed by atoms with Crippen molar-refractivity contribution in [2.75, 3.05) is 12.3 Å². The summed E-state index contributed by atoms with van der Waals surface area (Å²) in [6.07, 6.45) is 2.27. The molecule has 3 N–H and O–H groups in total. The molecular weight excluding hydrogens is 334 g/mol. The molecule has 1 aromatic carbocycles. The normalized spacial score (nSPS) is 14.2. The molecule has 0 unspecified atom stereocenters. The maximum absolute atomic E-state index is 9.77. The minimum absolute atomic E-state index is 0.105. The molecule has 21 heavy (non-hydrogen) atoms. The Morgan fingerprint density at radius 3 is 2.81 bits per heavy atom. The van der Waals surface area contributed by atoms with Crippen LogP contribution in [0, 0.1) is 0 Å². The molecule has 0 bridgehead atoms. The van der Waals surface area contributed by atoms with Gasteiger partial charge in [0.1, 0.15) is 5.82 Å². The molecule has 0 aliphatic heterocycles. The summed E-state index contributed by atoms with van der Waals surface area (Å²) in [6, 6.07) is 5.08. The Bertz CT molecular complexity index is 687. The van der Waals surface area contributed by atoms with Crippen molar-refractivity contribution in [2.45, 2.75) is 25.7 Å². The van der Waals surface area contributed by atoms with E-state index in [1.165, 1.54) is 0 Å². The van der Waals surface area contributed by atoms with E-state index in [1.807, 2.05) is 6.92 Å². The van der Waals surface area contributed by atoms with Crippen LogP contribution in [0.1, 0.15) is 31.4 Å². The number of nitrogens with zero attached hydrogens (tertiary/aromatic N) is 2. The number of halogens is 1. The van der Waals surface area contributed by atoms with Gasteiger partial charge in [-0.25, -0.2) is 9.97 Å². The van der Waals surface area contributed by atoms with E-state index in [0.29, 0.717) is 29.9 Å². The molecule has 0 atom stereocenters. The number of aromatic hydroxyl groups is 1. The molecule has 0 amide bonds. The molecule has 1 saturated carbocycles. The number of benzene rings is 1. The highest BCUT2D eigenvalue weighted by Gasteiger charge is 2.29. The first-order valence-electron chi connectivity index (χ1n) is 6.89. The predicted molar refractivity (Wildman–Crippen MR) is 84.4 cm³/mol. The van der Waals surface area contributed by atoms with Crippen molar-refractivity contribution in [1.82, 2.24) is 9.97 Å². The highest BCUT2D eigenvalue weighted by Crippen LogP contribution is 2.44. The molecule has 1 fully saturated rings. The summed E-state index contributed by atoms with van der Waals surface area (Å²) in [5.74, 6) is 1.99. The van der Waals surface area contributed by atoms with Crippen LogP contribution in [-0.4, -0.2) is 21.7 Å². The van der Waals surface area contributed by atoms with E-state index in [1.54, 1.807) is 18.2 Å². The van der Waals surface area contributed by atoms with Crippen LogP contribution in [0.3, 0.4) is 0 Å². The van der Waals surface area contributed by atoms with Crippen LogP contribution in [0.5, 0.6) is 11.5 Å². The van der Waals surface area contributed by atoms with E-state index in [0.717, 1.165) is 28.6 Å². The minimum atomic E-state index is 0.105. The second-order valence-corrected chi connectivity index (χ2v) is 5.81. The molecule has 2 aromatic rings. The third kappa shape index (κ3) is 2.81. The molecule has 1 aromatic heterocycles. The third-order valence-corrected chi connectivity index (χ3v) is 4.20. The molecule has 0 saturated heterocycles. The standard InChI is InChI=1S/C15H16BrN3O2/c1-2-21-11-7-9(5-6-10(11)20)15-18-13(8-3-4-8)12(16)14(17)19-15/h5-8,20H,2-4H2,1H3,(H2,17,18,19). The van der Waals surface area contributed by atoms with Gasteiger partial charge in [-0.15, -0.1) is 0 Å². The van der Waals surface area contributed by atoms with E-state index >= 15 is 0 Å². The number of rotatable bonds is 4. The monoisotopic (exact) mass is 349 g/mol. The second-order valence-electron chi connectivity index (χ2n) is 5.02. The minimum Gasteiger partial charge on any atom is -0.504 e. The maximum atomic E-state index is 9.77. The van der Waals surface area contributed by atoms with Gasteiger partial charge in [0.15, 0.2) is 17.3 Å². The quantitative estimate of drug-likeness (QED) is 0.882. The fraction of sp³-hybridized carbons (Fsp3) is 0.333. The molecule has 3 rings (SSSR count). The van der Waals surface area contributed by atoms with Crippen molar-refractivity contribution in [3.8, 4) is 22.9 Å². The van der Waals surface area contributed by atoms with E-state index in [2.05, 4.69) is 25.9 Å². The lowest BCUT2D eigenvalue weighted by Crippen LogP contribution is -2.02. The van der Waals surface area contributed by atoms with E-state index in [4.69, 9.17) is 10.5 Å². The van der Waals surface area contributed by atoms with Crippen molar-refractivity contribution >= 4 is 21.7 Å². The lowest BCUT2D eigenvalue weighted by Gasteiger charge is -2.10. The Morgan fingerprint density at radius 1 is 1.38 bits per heavy atom. The summed E-state index contributed by atoms with van der Waals surface area (Å²) in [4.78, 5) is 8.95. The van der Waals surface area contributed by atoms with Gasteiger partial charge in [0, 0.05) is 11.5 Å². The number of hydrogen-bond donors (Lipinski definition) is 2. The number of nitrogen functional groups attached to an aromatic ring is 1. The van der Waals surface area contributed by atoms with Crippen molar-refractivity contribution in [1.29, 1.82) is 0 Å². The number of aromatic nitrogens is 2. The van der Waals surface area contributed by atoms with Gasteiger partial charge in [0.05, 0.1) is 16.8 Å². The summed E-state index contributed by atoms with van der Waals surface area (Å²) in [5.41, 5.74) is 7.71. The fourth-order valence-electron chi connectivity index (χ4n) is 2.16. The molecule has 5 nitrogen and oxygen atoms in total. The highest BCUT2D eigenvalue weighted by atomic mass is 79.9. The van der Waals surface area contributed by atoms with Gasteiger partial charge in [-0.1, -0.05) is 0 Å². The Balaban J connectivity index is 2.05. The number of phenols is 1. The van der Waals surface area contributed by atoms with Gasteiger partial charge in [0.2, 0.25) is 0 Å². The van der Waals surface area contributed by atoms with Gasteiger partial charge >= 0.3 is 0 Å². The SMILES string of the molecule is CCOc1cc(-c2nc(N)c(Br)c(C3CC3)n2)ccc1O. The zero-order valence-corrected chi connectivity index (χ0v) is 13.2. The number of nitrogens with two attached hydrogens (primary N) is 1. The summed E-state index contributed by atoms with van der Waals surface area (Å²) in [7, 11) is 0. The van der Waals surface area contributed by atoms with E-state index < -0.39 is 0 Å². The predicted octanol–water partition coefficient (Wildman–Crippen LogP) is 3.47. The highest BCUT2D eigenvalue weighted by molar-refractivity contribution is 9.10. The Labute approximate surface area is 131 Å². The summed E-state index contributed by atoms with van der Waals surface area (Å²) >= 11 is 3.46. The first-order chi connectivity index (χ1) is 10.1. The lowest BCUT2D eigenvalue weighted by atomic mass is 10.1. The average molecular weight is 350 g/mol. The van der Waals surface area contributed by atoms with Crippen LogP contribution in [-0.2, 0) is 0 Å². The Hall–Kier alpha value is -1.82. The van der Waals surface area contributed by atoms with Crippen molar-refractivity contribution < 1.29 is 9.84 Å². The molecule has 6 heteroatoms. The zero-order chi connectivity index (χ0) is 15.0. The maximum Gasteiger partial charge on any atom is 0.161 e. The molecular formula is C15H16BrN3O2. The van der Waals surface area contributed by atoms with Gasteiger partial charge in [-0.05, 0) is 53.9 Å². The zero-order valence-electron chi connectivity index (χ0n) is 11.6. The molecule has 1 aliphatic carbocycles. The average Bonchev–Trinajstić information content (AvgIpc) is 3.29. The second kappa shape index (κ2) is 5.52. The number of anilines is 1. The van der Waals surface area contributed by atoms with Crippen LogP contribution in [0.15, 0.2) is 22.7 Å². The summed E-state index contributed by atoms with van der Waals surface area (Å²) in [5, 5.41) is 9.77. The van der Waals surface area contributed by atoms with Crippen molar-refractivity contribution in [3.05, 3.63) is 28.4 Å². The van der Waals surface area contributed by atoms with Crippen LogP contribution >= 0.6 is 15.9 Å². The first-order valence-corrected chi connectivity index (χ1v) is 7.68. The number of phenolic OH excluding ortho intramolecular Hbond substituents is 1. The van der Waals surface area contributed by atoms with Crippen LogP contribution in [0.4, 0.5) is 5.82 Å². The molecule has 0 radical (unpaired) electrons. The largest absolute Gasteiger partial charge is 0.504 e. The van der Waals surface area contributed by atoms with Crippen LogP contribution in [0.25, 0.3) is 11.4 Å². The number of hydrogen-bond acceptors (Lipinski definition) is 5. The van der Waals surface area contributed by atoms with Crippen LogP contribution in [0.2, 0.25) is 0 Å². The molecule has 110 valence electrons. The first kappa shape index (κ1) is 14.1. The molecule has 0 spiro atoms. The van der Waals surface area contributed by atoms with Gasteiger partial charge in [-0.3, -0.25) is 0 Å². The fourth-order valence-corrected chi connectivity index (χ4v) is 2.66. The molecule has 1 heterocycles. The van der Waals surface area contributed by atoms with Gasteiger partial charge in [-0.2, -0.15) is 0 Å². The van der Waals surface area contributed by atoms with Gasteiger partial charge in [0.25, 0.3) is 0 Å². The summed E-state index contributed by atoms with van der Waals surface area (Å²) in [6.45, 7) is 2.35. The van der Waals surface area contributed by atoms with E-state index in [9.17, 15) is 5.11 Å². The van der Waals surface area contributed by atoms with Crippen LogP contribution < -0.4 is 10.5 Å². The smallest absolute Gasteiger partial charge is 0.161 e. The Kier molecular flexibility index (Phi) is 3.71. The van der Waals surface area contributed by atoms with Crippen molar-refractivity contribution in [2.24, 2.45) is 0 Å². The number of ether oxygens (including phenoxy) is 1. The summed E-state index contributed by atoms with van der Waals surface area (Å²) < 4.78 is 6.19. The van der Waals surface area contributed by atoms with Crippen molar-refractivity contribution in [3.63, 3.8) is 0 Å².